The largest absolute Gasteiger partial charge is 0.396 e. The molecular weight excluding hydrogens is 194 g/mol. The number of aliphatic hydroxyl groups is 1. The maximum absolute atomic E-state index is 8.59. The SMILES string of the molecule is CCOC(CNCCCCCO)OCC. The van der Waals surface area contributed by atoms with Gasteiger partial charge in [0, 0.05) is 26.4 Å². The molecule has 0 saturated carbocycles. The molecule has 0 radical (unpaired) electrons. The van der Waals surface area contributed by atoms with E-state index in [9.17, 15) is 0 Å². The van der Waals surface area contributed by atoms with E-state index in [0.29, 0.717) is 19.8 Å². The van der Waals surface area contributed by atoms with Crippen molar-refractivity contribution in [2.75, 3.05) is 32.9 Å². The zero-order valence-corrected chi connectivity index (χ0v) is 10.00. The van der Waals surface area contributed by atoms with Crippen LogP contribution in [-0.2, 0) is 9.47 Å². The van der Waals surface area contributed by atoms with E-state index < -0.39 is 0 Å². The van der Waals surface area contributed by atoms with Crippen molar-refractivity contribution >= 4 is 0 Å². The van der Waals surface area contributed by atoms with Crippen LogP contribution in [0.15, 0.2) is 0 Å². The zero-order valence-electron chi connectivity index (χ0n) is 10.00. The number of nitrogens with one attached hydrogen (secondary N) is 1. The third-order valence-electron chi connectivity index (χ3n) is 2.03. The highest BCUT2D eigenvalue weighted by Crippen LogP contribution is 1.95. The quantitative estimate of drug-likeness (QED) is 0.404. The second-order valence-corrected chi connectivity index (χ2v) is 3.33. The number of hydrogen-bond acceptors (Lipinski definition) is 4. The molecule has 0 aliphatic rings. The van der Waals surface area contributed by atoms with Gasteiger partial charge in [0.15, 0.2) is 6.29 Å². The molecule has 4 heteroatoms. The molecule has 0 amide bonds. The lowest BCUT2D eigenvalue weighted by atomic mass is 10.2. The van der Waals surface area contributed by atoms with Crippen LogP contribution < -0.4 is 5.32 Å². The molecule has 0 saturated heterocycles. The van der Waals surface area contributed by atoms with Gasteiger partial charge < -0.3 is 19.9 Å². The number of ether oxygens (including phenoxy) is 2. The highest BCUT2D eigenvalue weighted by molar-refractivity contribution is 4.52. The van der Waals surface area contributed by atoms with Crippen molar-refractivity contribution in [3.8, 4) is 0 Å². The number of rotatable bonds is 11. The molecule has 15 heavy (non-hydrogen) atoms. The van der Waals surface area contributed by atoms with Gasteiger partial charge in [0.1, 0.15) is 0 Å². The van der Waals surface area contributed by atoms with Gasteiger partial charge in [0.25, 0.3) is 0 Å². The summed E-state index contributed by atoms with van der Waals surface area (Å²) in [6.07, 6.45) is 2.92. The van der Waals surface area contributed by atoms with E-state index in [1.54, 1.807) is 0 Å². The number of aliphatic hydroxyl groups excluding tert-OH is 1. The Balaban J connectivity index is 3.28. The summed E-state index contributed by atoms with van der Waals surface area (Å²) in [7, 11) is 0. The number of unbranched alkanes of at least 4 members (excludes halogenated alkanes) is 2. The Kier molecular flexibility index (Phi) is 11.8. The highest BCUT2D eigenvalue weighted by Gasteiger charge is 2.05. The van der Waals surface area contributed by atoms with Crippen LogP contribution in [0.2, 0.25) is 0 Å². The molecule has 0 unspecified atom stereocenters. The van der Waals surface area contributed by atoms with Crippen LogP contribution in [0, 0.1) is 0 Å². The third-order valence-corrected chi connectivity index (χ3v) is 2.03. The molecule has 0 rings (SSSR count). The van der Waals surface area contributed by atoms with Gasteiger partial charge in [0.2, 0.25) is 0 Å². The van der Waals surface area contributed by atoms with Crippen molar-refractivity contribution < 1.29 is 14.6 Å². The van der Waals surface area contributed by atoms with Crippen LogP contribution in [0.25, 0.3) is 0 Å². The van der Waals surface area contributed by atoms with Crippen LogP contribution >= 0.6 is 0 Å². The molecule has 0 aliphatic carbocycles. The smallest absolute Gasteiger partial charge is 0.169 e. The minimum Gasteiger partial charge on any atom is -0.396 e. The van der Waals surface area contributed by atoms with Gasteiger partial charge in [-0.05, 0) is 39.7 Å². The van der Waals surface area contributed by atoms with E-state index in [2.05, 4.69) is 5.32 Å². The predicted molar refractivity (Wildman–Crippen MR) is 60.8 cm³/mol. The summed E-state index contributed by atoms with van der Waals surface area (Å²) < 4.78 is 10.8. The fourth-order valence-electron chi connectivity index (χ4n) is 1.30. The zero-order chi connectivity index (χ0) is 11.4. The summed E-state index contributed by atoms with van der Waals surface area (Å²) in [5.74, 6) is 0. The molecular formula is C11H25NO3. The molecule has 4 nitrogen and oxygen atoms in total. The summed E-state index contributed by atoms with van der Waals surface area (Å²) in [5, 5.41) is 11.9. The summed E-state index contributed by atoms with van der Waals surface area (Å²) >= 11 is 0. The van der Waals surface area contributed by atoms with Crippen LogP contribution in [-0.4, -0.2) is 44.3 Å². The summed E-state index contributed by atoms with van der Waals surface area (Å²) in [5.41, 5.74) is 0. The molecule has 0 bridgehead atoms. The highest BCUT2D eigenvalue weighted by atomic mass is 16.7. The van der Waals surface area contributed by atoms with Gasteiger partial charge in [-0.1, -0.05) is 0 Å². The van der Waals surface area contributed by atoms with Gasteiger partial charge >= 0.3 is 0 Å². The normalized spacial score (nSPS) is 11.2. The Hall–Kier alpha value is -0.160. The van der Waals surface area contributed by atoms with E-state index in [4.69, 9.17) is 14.6 Å². The summed E-state index contributed by atoms with van der Waals surface area (Å²) in [6.45, 7) is 7.27. The molecule has 2 N–H and O–H groups in total. The average molecular weight is 219 g/mol. The van der Waals surface area contributed by atoms with Crippen LogP contribution in [0.1, 0.15) is 33.1 Å². The van der Waals surface area contributed by atoms with E-state index in [-0.39, 0.29) is 6.29 Å². The van der Waals surface area contributed by atoms with Crippen molar-refractivity contribution in [3.63, 3.8) is 0 Å². The van der Waals surface area contributed by atoms with E-state index >= 15 is 0 Å². The van der Waals surface area contributed by atoms with E-state index in [0.717, 1.165) is 32.4 Å². The summed E-state index contributed by atoms with van der Waals surface area (Å²) in [6, 6.07) is 0. The lowest BCUT2D eigenvalue weighted by Gasteiger charge is -2.17. The van der Waals surface area contributed by atoms with Crippen molar-refractivity contribution in [2.45, 2.75) is 39.4 Å². The van der Waals surface area contributed by atoms with Gasteiger partial charge in [-0.25, -0.2) is 0 Å². The Morgan fingerprint density at radius 1 is 1.07 bits per heavy atom. The third kappa shape index (κ3) is 10.1. The Labute approximate surface area is 93.0 Å². The van der Waals surface area contributed by atoms with Crippen molar-refractivity contribution in [3.05, 3.63) is 0 Å². The number of hydrogen-bond donors (Lipinski definition) is 2. The first kappa shape index (κ1) is 14.8. The standard InChI is InChI=1S/C11H25NO3/c1-3-14-11(15-4-2)10-12-8-6-5-7-9-13/h11-13H,3-10H2,1-2H3. The van der Waals surface area contributed by atoms with Crippen LogP contribution in [0.5, 0.6) is 0 Å². The minimum atomic E-state index is -0.127. The van der Waals surface area contributed by atoms with Crippen molar-refractivity contribution in [1.29, 1.82) is 0 Å². The van der Waals surface area contributed by atoms with Crippen molar-refractivity contribution in [1.82, 2.24) is 5.32 Å². The van der Waals surface area contributed by atoms with E-state index in [1.165, 1.54) is 0 Å². The van der Waals surface area contributed by atoms with Crippen molar-refractivity contribution in [2.24, 2.45) is 0 Å². The van der Waals surface area contributed by atoms with Gasteiger partial charge in [-0.2, -0.15) is 0 Å². The molecule has 0 spiro atoms. The van der Waals surface area contributed by atoms with Crippen LogP contribution in [0.3, 0.4) is 0 Å². The molecule has 0 fully saturated rings. The maximum Gasteiger partial charge on any atom is 0.169 e. The van der Waals surface area contributed by atoms with Gasteiger partial charge in [0.05, 0.1) is 0 Å². The Morgan fingerprint density at radius 3 is 2.27 bits per heavy atom. The second-order valence-electron chi connectivity index (χ2n) is 3.33. The molecule has 92 valence electrons. The second kappa shape index (κ2) is 11.9. The minimum absolute atomic E-state index is 0.127. The molecule has 0 aromatic rings. The Bertz CT molecular complexity index is 116. The first-order valence-corrected chi connectivity index (χ1v) is 5.89. The fraction of sp³-hybridized carbons (Fsp3) is 1.00. The molecule has 0 aliphatic heterocycles. The van der Waals surface area contributed by atoms with Crippen LogP contribution in [0.4, 0.5) is 0 Å². The topological polar surface area (TPSA) is 50.7 Å². The fourth-order valence-corrected chi connectivity index (χ4v) is 1.30. The molecule has 0 aromatic carbocycles. The average Bonchev–Trinajstić information content (AvgIpc) is 2.24. The maximum atomic E-state index is 8.59. The van der Waals surface area contributed by atoms with Gasteiger partial charge in [-0.15, -0.1) is 0 Å². The molecule has 0 aromatic heterocycles. The lowest BCUT2D eigenvalue weighted by molar-refractivity contribution is -0.132. The molecule has 0 atom stereocenters. The Morgan fingerprint density at radius 2 is 1.73 bits per heavy atom. The van der Waals surface area contributed by atoms with Gasteiger partial charge in [-0.3, -0.25) is 0 Å². The lowest BCUT2D eigenvalue weighted by Crippen LogP contribution is -2.32. The van der Waals surface area contributed by atoms with E-state index in [1.807, 2.05) is 13.8 Å². The summed E-state index contributed by atoms with van der Waals surface area (Å²) in [4.78, 5) is 0. The first-order chi connectivity index (χ1) is 7.35. The predicted octanol–water partition coefficient (Wildman–Crippen LogP) is 1.14. The molecule has 0 heterocycles. The monoisotopic (exact) mass is 219 g/mol. The first-order valence-electron chi connectivity index (χ1n) is 5.89.